The number of hydrogen-bond acceptors (Lipinski definition) is 2. The first kappa shape index (κ1) is 20.8. The quantitative estimate of drug-likeness (QED) is 0.485. The van der Waals surface area contributed by atoms with Crippen LogP contribution >= 0.6 is 0 Å². The van der Waals surface area contributed by atoms with Gasteiger partial charge >= 0.3 is 0 Å². The lowest BCUT2D eigenvalue weighted by molar-refractivity contribution is -0.120. The Bertz CT molecular complexity index is 712. The summed E-state index contributed by atoms with van der Waals surface area (Å²) in [6.45, 7) is 5.43. The van der Waals surface area contributed by atoms with Crippen molar-refractivity contribution in [1.82, 2.24) is 4.90 Å². The van der Waals surface area contributed by atoms with E-state index in [4.69, 9.17) is 0 Å². The largest absolute Gasteiger partial charge is 0.300 e. The first-order valence-corrected chi connectivity index (χ1v) is 11.0. The third kappa shape index (κ3) is 5.78. The van der Waals surface area contributed by atoms with Crippen LogP contribution in [0, 0.1) is 5.92 Å². The molecule has 0 saturated heterocycles. The van der Waals surface area contributed by atoms with Crippen molar-refractivity contribution in [3.05, 3.63) is 71.8 Å². The van der Waals surface area contributed by atoms with Crippen LogP contribution in [0.5, 0.6) is 0 Å². The van der Waals surface area contributed by atoms with E-state index < -0.39 is 0 Å². The Labute approximate surface area is 171 Å². The number of ketones is 1. The highest BCUT2D eigenvalue weighted by Gasteiger charge is 2.30. The number of hydrogen-bond donors (Lipinski definition) is 0. The van der Waals surface area contributed by atoms with Crippen LogP contribution in [-0.2, 0) is 11.3 Å². The Balaban J connectivity index is 1.80. The molecule has 0 aromatic heterocycles. The van der Waals surface area contributed by atoms with Gasteiger partial charge in [0.1, 0.15) is 5.78 Å². The number of carbonyl (C=O) groups excluding carboxylic acids is 1. The lowest BCUT2D eigenvalue weighted by atomic mass is 9.94. The molecule has 150 valence electrons. The second-order valence-electron chi connectivity index (χ2n) is 8.43. The molecule has 0 amide bonds. The molecule has 0 unspecified atom stereocenters. The van der Waals surface area contributed by atoms with Crippen molar-refractivity contribution < 1.29 is 4.79 Å². The predicted molar refractivity (Wildman–Crippen MR) is 117 cm³/mol. The molecule has 1 aliphatic carbocycles. The fourth-order valence-electron chi connectivity index (χ4n) is 4.62. The van der Waals surface area contributed by atoms with Crippen molar-refractivity contribution in [2.24, 2.45) is 5.92 Å². The zero-order chi connectivity index (χ0) is 19.8. The first-order chi connectivity index (χ1) is 13.7. The van der Waals surface area contributed by atoms with Gasteiger partial charge in [-0.05, 0) is 36.8 Å². The Morgan fingerprint density at radius 3 is 2.32 bits per heavy atom. The van der Waals surface area contributed by atoms with Crippen molar-refractivity contribution in [2.45, 2.75) is 77.4 Å². The molecule has 0 radical (unpaired) electrons. The van der Waals surface area contributed by atoms with Gasteiger partial charge in [-0.1, -0.05) is 86.8 Å². The van der Waals surface area contributed by atoms with Crippen LogP contribution in [0.4, 0.5) is 0 Å². The fourth-order valence-corrected chi connectivity index (χ4v) is 4.62. The average molecular weight is 378 g/mol. The minimum atomic E-state index is 0.298. The highest BCUT2D eigenvalue weighted by atomic mass is 16.1. The van der Waals surface area contributed by atoms with Gasteiger partial charge in [-0.3, -0.25) is 9.69 Å². The maximum atomic E-state index is 12.8. The van der Waals surface area contributed by atoms with Crippen molar-refractivity contribution in [3.63, 3.8) is 0 Å². The summed E-state index contributed by atoms with van der Waals surface area (Å²) in [4.78, 5) is 15.3. The van der Waals surface area contributed by atoms with Gasteiger partial charge < -0.3 is 0 Å². The zero-order valence-electron chi connectivity index (χ0n) is 17.5. The van der Waals surface area contributed by atoms with Crippen LogP contribution in [-0.4, -0.2) is 16.7 Å². The van der Waals surface area contributed by atoms with E-state index in [1.54, 1.807) is 0 Å². The zero-order valence-corrected chi connectivity index (χ0v) is 17.5. The molecule has 2 nitrogen and oxygen atoms in total. The van der Waals surface area contributed by atoms with Crippen LogP contribution in [0.25, 0.3) is 0 Å². The molecule has 0 bridgehead atoms. The van der Waals surface area contributed by atoms with Crippen molar-refractivity contribution in [1.29, 1.82) is 0 Å². The summed E-state index contributed by atoms with van der Waals surface area (Å²) in [5.74, 6) is 1.05. The number of nitrogens with zero attached hydrogens (tertiary/aromatic N) is 1. The van der Waals surface area contributed by atoms with Gasteiger partial charge in [0.25, 0.3) is 0 Å². The molecule has 2 heteroatoms. The van der Waals surface area contributed by atoms with Crippen LogP contribution in [0.2, 0.25) is 0 Å². The molecule has 1 fully saturated rings. The number of carbonyl (C=O) groups is 1. The van der Waals surface area contributed by atoms with E-state index in [1.807, 2.05) is 0 Å². The van der Waals surface area contributed by atoms with Gasteiger partial charge in [0.05, 0.1) is 0 Å². The molecule has 3 rings (SSSR count). The third-order valence-corrected chi connectivity index (χ3v) is 6.31. The van der Waals surface area contributed by atoms with Gasteiger partial charge in [-0.2, -0.15) is 0 Å². The number of rotatable bonds is 8. The molecule has 2 aromatic rings. The summed E-state index contributed by atoms with van der Waals surface area (Å²) in [6.07, 6.45) is 7.48. The lowest BCUT2D eigenvalue weighted by Gasteiger charge is -2.36. The van der Waals surface area contributed by atoms with Gasteiger partial charge in [-0.25, -0.2) is 0 Å². The van der Waals surface area contributed by atoms with Gasteiger partial charge in [0, 0.05) is 31.5 Å². The van der Waals surface area contributed by atoms with E-state index in [0.717, 1.165) is 19.4 Å². The average Bonchev–Trinajstić information content (AvgIpc) is 2.92. The monoisotopic (exact) mass is 377 g/mol. The number of benzene rings is 2. The van der Waals surface area contributed by atoms with Crippen LogP contribution in [0.15, 0.2) is 60.7 Å². The molecular formula is C26H35NO. The highest BCUT2D eigenvalue weighted by molar-refractivity contribution is 5.79. The van der Waals surface area contributed by atoms with E-state index in [1.165, 1.54) is 36.8 Å². The van der Waals surface area contributed by atoms with Crippen molar-refractivity contribution >= 4 is 5.78 Å². The summed E-state index contributed by atoms with van der Waals surface area (Å²) < 4.78 is 0. The van der Waals surface area contributed by atoms with E-state index in [2.05, 4.69) is 79.4 Å². The van der Waals surface area contributed by atoms with E-state index in [-0.39, 0.29) is 0 Å². The highest BCUT2D eigenvalue weighted by Crippen LogP contribution is 2.33. The van der Waals surface area contributed by atoms with Crippen LogP contribution < -0.4 is 0 Å². The molecule has 0 aliphatic heterocycles. The van der Waals surface area contributed by atoms with Crippen LogP contribution in [0.1, 0.15) is 76.0 Å². The molecular weight excluding hydrogens is 342 g/mol. The standard InChI is InChI=1S/C26H35NO/c1-3-4-11-22-16-17-25(19-26(28)18-22)27(20-23-12-7-5-8-13-23)21(2)24-14-9-6-10-15-24/h5-10,12-15,21-22,25H,3-4,11,16-20H2,1-2H3/t21-,22+,25-/m0/s1. The Hall–Kier alpha value is -1.93. The fraction of sp³-hybridized carbons (Fsp3) is 0.500. The van der Waals surface area contributed by atoms with E-state index >= 15 is 0 Å². The maximum absolute atomic E-state index is 12.8. The number of Topliss-reactive ketones (excluding diaryl/α,β-unsaturated/α-hetero) is 1. The van der Waals surface area contributed by atoms with E-state index in [9.17, 15) is 4.79 Å². The Morgan fingerprint density at radius 1 is 0.964 bits per heavy atom. The van der Waals surface area contributed by atoms with E-state index in [0.29, 0.717) is 30.2 Å². The second kappa shape index (κ2) is 10.6. The Kier molecular flexibility index (Phi) is 7.85. The smallest absolute Gasteiger partial charge is 0.134 e. The second-order valence-corrected chi connectivity index (χ2v) is 8.43. The topological polar surface area (TPSA) is 20.3 Å². The molecule has 0 N–H and O–H groups in total. The summed E-state index contributed by atoms with van der Waals surface area (Å²) in [6, 6.07) is 22.1. The van der Waals surface area contributed by atoms with Crippen LogP contribution in [0.3, 0.4) is 0 Å². The Morgan fingerprint density at radius 2 is 1.64 bits per heavy atom. The number of unbranched alkanes of at least 4 members (excludes halogenated alkanes) is 1. The van der Waals surface area contributed by atoms with Crippen molar-refractivity contribution in [2.75, 3.05) is 0 Å². The summed E-state index contributed by atoms with van der Waals surface area (Å²) in [5.41, 5.74) is 2.65. The normalized spacial score (nSPS) is 21.5. The minimum absolute atomic E-state index is 0.298. The van der Waals surface area contributed by atoms with Gasteiger partial charge in [-0.15, -0.1) is 0 Å². The molecule has 1 saturated carbocycles. The molecule has 28 heavy (non-hydrogen) atoms. The minimum Gasteiger partial charge on any atom is -0.300 e. The molecule has 1 aliphatic rings. The molecule has 2 aromatic carbocycles. The predicted octanol–water partition coefficient (Wildman–Crippen LogP) is 6.57. The molecule has 0 spiro atoms. The summed E-state index contributed by atoms with van der Waals surface area (Å²) >= 11 is 0. The lowest BCUT2D eigenvalue weighted by Crippen LogP contribution is -2.37. The summed E-state index contributed by atoms with van der Waals surface area (Å²) in [5, 5.41) is 0. The van der Waals surface area contributed by atoms with Gasteiger partial charge in [0.15, 0.2) is 0 Å². The maximum Gasteiger partial charge on any atom is 0.134 e. The third-order valence-electron chi connectivity index (χ3n) is 6.31. The summed E-state index contributed by atoms with van der Waals surface area (Å²) in [7, 11) is 0. The molecule has 3 atom stereocenters. The molecule has 0 heterocycles. The first-order valence-electron chi connectivity index (χ1n) is 11.0. The SMILES string of the molecule is CCCC[C@@H]1CC[C@H](N(Cc2ccccc2)[C@@H](C)c2ccccc2)CC(=O)C1. The van der Waals surface area contributed by atoms with Gasteiger partial charge in [0.2, 0.25) is 0 Å². The van der Waals surface area contributed by atoms with Crippen molar-refractivity contribution in [3.8, 4) is 0 Å².